The Hall–Kier alpha value is -4.20. The highest BCUT2D eigenvalue weighted by atomic mass is 19.1. The van der Waals surface area contributed by atoms with Gasteiger partial charge in [-0.2, -0.15) is 0 Å². The highest BCUT2D eigenvalue weighted by Gasteiger charge is 2.20. The first kappa shape index (κ1) is 19.5. The molecule has 164 valence electrons. The molecule has 5 aromatic rings. The van der Waals surface area contributed by atoms with E-state index >= 15 is 0 Å². The SMILES string of the molecule is O=C(Nc1ccc2nc3c(n12)=CCCN3)c1cc2cc(F)ccc2n1Cc1cccc(F)c1. The Morgan fingerprint density at radius 3 is 2.82 bits per heavy atom. The van der Waals surface area contributed by atoms with E-state index in [4.69, 9.17) is 0 Å². The van der Waals surface area contributed by atoms with Crippen molar-refractivity contribution in [1.29, 1.82) is 0 Å². The quantitative estimate of drug-likeness (QED) is 0.438. The van der Waals surface area contributed by atoms with Gasteiger partial charge in [-0.15, -0.1) is 0 Å². The molecular formula is C25H19F2N5O. The maximum Gasteiger partial charge on any atom is 0.273 e. The molecule has 1 aliphatic rings. The largest absolute Gasteiger partial charge is 0.368 e. The molecule has 3 aromatic heterocycles. The van der Waals surface area contributed by atoms with Gasteiger partial charge in [0.15, 0.2) is 5.82 Å². The van der Waals surface area contributed by atoms with Gasteiger partial charge < -0.3 is 15.2 Å². The van der Waals surface area contributed by atoms with Gasteiger partial charge in [-0.3, -0.25) is 9.20 Å². The van der Waals surface area contributed by atoms with Crippen LogP contribution in [0.4, 0.5) is 20.4 Å². The van der Waals surface area contributed by atoms with Gasteiger partial charge in [0.2, 0.25) is 0 Å². The number of carbonyl (C=O) groups is 1. The summed E-state index contributed by atoms with van der Waals surface area (Å²) >= 11 is 0. The summed E-state index contributed by atoms with van der Waals surface area (Å²) in [6, 6.07) is 15.9. The normalized spacial score (nSPS) is 13.0. The summed E-state index contributed by atoms with van der Waals surface area (Å²) in [6.45, 7) is 1.09. The first-order valence-electron chi connectivity index (χ1n) is 10.7. The number of hydrogen-bond donors (Lipinski definition) is 2. The highest BCUT2D eigenvalue weighted by molar-refractivity contribution is 6.06. The van der Waals surface area contributed by atoms with Crippen LogP contribution in [0.15, 0.2) is 60.7 Å². The van der Waals surface area contributed by atoms with Gasteiger partial charge in [0, 0.05) is 24.0 Å². The lowest BCUT2D eigenvalue weighted by atomic mass is 10.2. The lowest BCUT2D eigenvalue weighted by Crippen LogP contribution is -2.23. The predicted molar refractivity (Wildman–Crippen MR) is 123 cm³/mol. The zero-order valence-corrected chi connectivity index (χ0v) is 17.5. The molecule has 0 fully saturated rings. The molecule has 0 spiro atoms. The third-order valence-electron chi connectivity index (χ3n) is 5.91. The van der Waals surface area contributed by atoms with Crippen molar-refractivity contribution in [3.8, 4) is 0 Å². The van der Waals surface area contributed by atoms with Crippen molar-refractivity contribution in [1.82, 2.24) is 14.0 Å². The predicted octanol–water partition coefficient (Wildman–Crippen LogP) is 4.18. The Kier molecular flexibility index (Phi) is 4.39. The minimum Gasteiger partial charge on any atom is -0.368 e. The first-order chi connectivity index (χ1) is 16.1. The van der Waals surface area contributed by atoms with Crippen molar-refractivity contribution in [2.75, 3.05) is 17.2 Å². The van der Waals surface area contributed by atoms with Crippen molar-refractivity contribution in [2.45, 2.75) is 13.0 Å². The van der Waals surface area contributed by atoms with Crippen LogP contribution in [-0.4, -0.2) is 26.4 Å². The fraction of sp³-hybridized carbons (Fsp3) is 0.120. The summed E-state index contributed by atoms with van der Waals surface area (Å²) in [6.07, 6.45) is 2.96. The second-order valence-electron chi connectivity index (χ2n) is 8.08. The Bertz CT molecular complexity index is 1600. The fourth-order valence-corrected chi connectivity index (χ4v) is 4.46. The molecule has 6 nitrogen and oxygen atoms in total. The number of benzene rings is 2. The number of hydrogen-bond acceptors (Lipinski definition) is 3. The number of halogens is 2. The number of amides is 1. The summed E-state index contributed by atoms with van der Waals surface area (Å²) in [7, 11) is 0. The first-order valence-corrected chi connectivity index (χ1v) is 10.7. The van der Waals surface area contributed by atoms with Gasteiger partial charge in [-0.25, -0.2) is 13.8 Å². The molecule has 2 aromatic carbocycles. The van der Waals surface area contributed by atoms with Crippen molar-refractivity contribution in [3.05, 3.63) is 88.9 Å². The molecule has 0 unspecified atom stereocenters. The van der Waals surface area contributed by atoms with Gasteiger partial charge in [-0.05, 0) is 60.5 Å². The zero-order valence-electron chi connectivity index (χ0n) is 17.5. The molecule has 33 heavy (non-hydrogen) atoms. The van der Waals surface area contributed by atoms with Crippen LogP contribution in [-0.2, 0) is 6.54 Å². The Morgan fingerprint density at radius 2 is 1.94 bits per heavy atom. The second-order valence-corrected chi connectivity index (χ2v) is 8.08. The number of carbonyl (C=O) groups excluding carboxylic acids is 1. The lowest BCUT2D eigenvalue weighted by molar-refractivity contribution is 0.101. The van der Waals surface area contributed by atoms with Crippen LogP contribution in [0.25, 0.3) is 22.6 Å². The minimum atomic E-state index is -0.386. The van der Waals surface area contributed by atoms with E-state index in [9.17, 15) is 13.6 Å². The summed E-state index contributed by atoms with van der Waals surface area (Å²) in [5, 5.41) is 7.76. The van der Waals surface area contributed by atoms with Crippen molar-refractivity contribution in [3.63, 3.8) is 0 Å². The van der Waals surface area contributed by atoms with E-state index < -0.39 is 0 Å². The summed E-state index contributed by atoms with van der Waals surface area (Å²) in [5.41, 5.74) is 2.48. The van der Waals surface area contributed by atoms with Crippen LogP contribution in [0.3, 0.4) is 0 Å². The molecule has 0 atom stereocenters. The molecule has 0 bridgehead atoms. The summed E-state index contributed by atoms with van der Waals surface area (Å²) < 4.78 is 31.3. The van der Waals surface area contributed by atoms with E-state index in [0.717, 1.165) is 29.8 Å². The van der Waals surface area contributed by atoms with Gasteiger partial charge in [-0.1, -0.05) is 18.2 Å². The molecule has 4 heterocycles. The molecule has 0 aliphatic carbocycles. The molecule has 0 saturated carbocycles. The maximum atomic E-state index is 13.9. The minimum absolute atomic E-state index is 0.268. The van der Waals surface area contributed by atoms with Crippen LogP contribution in [0.1, 0.15) is 22.5 Å². The Labute approximate surface area is 187 Å². The van der Waals surface area contributed by atoms with E-state index in [-0.39, 0.29) is 24.1 Å². The number of nitrogens with one attached hydrogen (secondary N) is 2. The van der Waals surface area contributed by atoms with E-state index in [0.29, 0.717) is 28.0 Å². The second kappa shape index (κ2) is 7.44. The molecule has 8 heteroatoms. The molecular weight excluding hydrogens is 424 g/mol. The maximum absolute atomic E-state index is 13.9. The third-order valence-corrected chi connectivity index (χ3v) is 5.91. The number of fused-ring (bicyclic) bond motifs is 4. The number of imidazole rings is 1. The number of aromatic nitrogens is 3. The Morgan fingerprint density at radius 1 is 1.06 bits per heavy atom. The van der Waals surface area contributed by atoms with Gasteiger partial charge >= 0.3 is 0 Å². The van der Waals surface area contributed by atoms with E-state index in [1.807, 2.05) is 16.5 Å². The average molecular weight is 443 g/mol. The highest BCUT2D eigenvalue weighted by Crippen LogP contribution is 2.24. The monoisotopic (exact) mass is 443 g/mol. The molecule has 1 aliphatic heterocycles. The third kappa shape index (κ3) is 3.31. The number of nitrogens with zero attached hydrogens (tertiary/aromatic N) is 3. The fourth-order valence-electron chi connectivity index (χ4n) is 4.46. The van der Waals surface area contributed by atoms with Crippen LogP contribution in [0.5, 0.6) is 0 Å². The molecule has 0 saturated heterocycles. The van der Waals surface area contributed by atoms with E-state index in [2.05, 4.69) is 21.7 Å². The van der Waals surface area contributed by atoms with Gasteiger partial charge in [0.25, 0.3) is 5.91 Å². The van der Waals surface area contributed by atoms with Crippen LogP contribution < -0.4 is 16.0 Å². The number of anilines is 2. The summed E-state index contributed by atoms with van der Waals surface area (Å²) in [4.78, 5) is 18.0. The van der Waals surface area contributed by atoms with E-state index in [1.165, 1.54) is 24.3 Å². The van der Waals surface area contributed by atoms with E-state index in [1.54, 1.807) is 28.8 Å². The molecule has 2 N–H and O–H groups in total. The van der Waals surface area contributed by atoms with Crippen LogP contribution in [0, 0.1) is 11.6 Å². The van der Waals surface area contributed by atoms with Gasteiger partial charge in [0.1, 0.15) is 28.8 Å². The summed E-state index contributed by atoms with van der Waals surface area (Å²) in [5.74, 6) is 0.306. The molecule has 1 amide bonds. The molecule has 6 rings (SSSR count). The van der Waals surface area contributed by atoms with Crippen LogP contribution >= 0.6 is 0 Å². The van der Waals surface area contributed by atoms with Gasteiger partial charge in [0.05, 0.1) is 5.35 Å². The topological polar surface area (TPSA) is 63.4 Å². The van der Waals surface area contributed by atoms with Crippen molar-refractivity contribution >= 4 is 40.2 Å². The number of rotatable bonds is 4. The Balaban J connectivity index is 1.43. The average Bonchev–Trinajstić information content (AvgIpc) is 3.46. The smallest absolute Gasteiger partial charge is 0.273 e. The van der Waals surface area contributed by atoms with Crippen molar-refractivity contribution < 1.29 is 13.6 Å². The van der Waals surface area contributed by atoms with Crippen LogP contribution in [0.2, 0.25) is 0 Å². The van der Waals surface area contributed by atoms with Crippen molar-refractivity contribution in [2.24, 2.45) is 0 Å². The zero-order chi connectivity index (χ0) is 22.5. The lowest BCUT2D eigenvalue weighted by Gasteiger charge is -2.12. The molecule has 0 radical (unpaired) electrons. The standard InChI is InChI=1S/C25H19F2N5O/c26-17-4-1-3-15(11-17)14-31-19-7-6-18(27)12-16(19)13-21(31)25(33)30-23-9-8-22-29-24-20(32(22)23)5-2-10-28-24/h1,3-9,11-13H,2,10,14H2,(H,28,29)(H,30,33).